The van der Waals surface area contributed by atoms with Gasteiger partial charge in [0.15, 0.2) is 12.1 Å². The molecular formula is C10H15N3O2. The number of hydrogen-bond acceptors (Lipinski definition) is 4. The van der Waals surface area contributed by atoms with Gasteiger partial charge in [0, 0.05) is 26.2 Å². The van der Waals surface area contributed by atoms with Gasteiger partial charge in [0.1, 0.15) is 6.26 Å². The van der Waals surface area contributed by atoms with Gasteiger partial charge in [0.05, 0.1) is 0 Å². The molecule has 1 aliphatic rings. The first kappa shape index (κ1) is 10.2. The maximum Gasteiger partial charge on any atom is 0.275 e. The molecule has 0 N–H and O–H groups in total. The minimum atomic E-state index is -0.0282. The zero-order valence-electron chi connectivity index (χ0n) is 8.85. The number of aromatic nitrogens is 1. The summed E-state index contributed by atoms with van der Waals surface area (Å²) in [6.45, 7) is 6.63. The number of carbonyl (C=O) groups is 1. The van der Waals surface area contributed by atoms with E-state index in [0.717, 1.165) is 32.7 Å². The van der Waals surface area contributed by atoms with Crippen molar-refractivity contribution in [3.05, 3.63) is 18.4 Å². The van der Waals surface area contributed by atoms with E-state index in [1.807, 2.05) is 4.90 Å². The summed E-state index contributed by atoms with van der Waals surface area (Å²) >= 11 is 0. The molecule has 0 unspecified atom stereocenters. The number of likely N-dealkylation sites (N-methyl/N-ethyl adjacent to an activating group) is 1. The summed E-state index contributed by atoms with van der Waals surface area (Å²) in [6, 6.07) is 0. The van der Waals surface area contributed by atoms with Gasteiger partial charge >= 0.3 is 0 Å². The summed E-state index contributed by atoms with van der Waals surface area (Å²) in [5.74, 6) is -0.0282. The third-order valence-corrected chi connectivity index (χ3v) is 2.76. The molecule has 0 saturated carbocycles. The first-order chi connectivity index (χ1) is 7.31. The fourth-order valence-electron chi connectivity index (χ4n) is 1.75. The van der Waals surface area contributed by atoms with Gasteiger partial charge in [-0.05, 0) is 6.54 Å². The SMILES string of the molecule is CCN1CCN(C(=O)c2cocn2)CC1. The van der Waals surface area contributed by atoms with E-state index in [9.17, 15) is 4.79 Å². The van der Waals surface area contributed by atoms with Crippen molar-refractivity contribution in [1.29, 1.82) is 0 Å². The molecule has 0 radical (unpaired) electrons. The summed E-state index contributed by atoms with van der Waals surface area (Å²) in [7, 11) is 0. The topological polar surface area (TPSA) is 49.6 Å². The van der Waals surface area contributed by atoms with Crippen molar-refractivity contribution in [1.82, 2.24) is 14.8 Å². The fourth-order valence-corrected chi connectivity index (χ4v) is 1.75. The number of rotatable bonds is 2. The third kappa shape index (κ3) is 2.18. The van der Waals surface area contributed by atoms with Crippen LogP contribution in [-0.2, 0) is 0 Å². The van der Waals surface area contributed by atoms with Gasteiger partial charge in [-0.3, -0.25) is 4.79 Å². The fraction of sp³-hybridized carbons (Fsp3) is 0.600. The Morgan fingerprint density at radius 1 is 1.47 bits per heavy atom. The largest absolute Gasteiger partial charge is 0.451 e. The summed E-state index contributed by atoms with van der Waals surface area (Å²) < 4.78 is 4.80. The van der Waals surface area contributed by atoms with Crippen molar-refractivity contribution < 1.29 is 9.21 Å². The molecule has 2 heterocycles. The second kappa shape index (κ2) is 4.44. The van der Waals surface area contributed by atoms with Gasteiger partial charge in [0.2, 0.25) is 0 Å². The normalized spacial score (nSPS) is 18.1. The molecule has 82 valence electrons. The Bertz CT molecular complexity index is 315. The Morgan fingerprint density at radius 3 is 2.73 bits per heavy atom. The van der Waals surface area contributed by atoms with Gasteiger partial charge in [-0.25, -0.2) is 4.98 Å². The molecule has 0 bridgehead atoms. The lowest BCUT2D eigenvalue weighted by atomic mass is 10.3. The van der Waals surface area contributed by atoms with Crippen LogP contribution >= 0.6 is 0 Å². The molecule has 0 aliphatic carbocycles. The lowest BCUT2D eigenvalue weighted by Crippen LogP contribution is -2.48. The maximum atomic E-state index is 11.8. The first-order valence-electron chi connectivity index (χ1n) is 5.21. The monoisotopic (exact) mass is 209 g/mol. The van der Waals surface area contributed by atoms with E-state index in [4.69, 9.17) is 4.42 Å². The van der Waals surface area contributed by atoms with E-state index >= 15 is 0 Å². The van der Waals surface area contributed by atoms with Crippen LogP contribution in [0.4, 0.5) is 0 Å². The highest BCUT2D eigenvalue weighted by atomic mass is 16.3. The maximum absolute atomic E-state index is 11.8. The molecule has 15 heavy (non-hydrogen) atoms. The Balaban J connectivity index is 1.93. The van der Waals surface area contributed by atoms with Gasteiger partial charge in [-0.1, -0.05) is 6.92 Å². The van der Waals surface area contributed by atoms with Crippen LogP contribution in [0, 0.1) is 0 Å². The Hall–Kier alpha value is -1.36. The smallest absolute Gasteiger partial charge is 0.275 e. The van der Waals surface area contributed by atoms with Crippen molar-refractivity contribution >= 4 is 5.91 Å². The highest BCUT2D eigenvalue weighted by Gasteiger charge is 2.22. The van der Waals surface area contributed by atoms with Crippen LogP contribution in [0.15, 0.2) is 17.1 Å². The van der Waals surface area contributed by atoms with Gasteiger partial charge < -0.3 is 14.2 Å². The minimum Gasteiger partial charge on any atom is -0.451 e. The van der Waals surface area contributed by atoms with E-state index in [0.29, 0.717) is 5.69 Å². The van der Waals surface area contributed by atoms with Gasteiger partial charge in [0.25, 0.3) is 5.91 Å². The number of carbonyl (C=O) groups excluding carboxylic acids is 1. The van der Waals surface area contributed by atoms with E-state index in [-0.39, 0.29) is 5.91 Å². The molecule has 1 aromatic rings. The predicted molar refractivity (Wildman–Crippen MR) is 54.5 cm³/mol. The van der Waals surface area contributed by atoms with Crippen LogP contribution in [0.3, 0.4) is 0 Å². The molecule has 1 saturated heterocycles. The Morgan fingerprint density at radius 2 is 2.20 bits per heavy atom. The van der Waals surface area contributed by atoms with Gasteiger partial charge in [-0.15, -0.1) is 0 Å². The van der Waals surface area contributed by atoms with Crippen molar-refractivity contribution in [2.75, 3.05) is 32.7 Å². The van der Waals surface area contributed by atoms with Crippen LogP contribution < -0.4 is 0 Å². The zero-order valence-corrected chi connectivity index (χ0v) is 8.85. The molecule has 0 spiro atoms. The van der Waals surface area contributed by atoms with Crippen molar-refractivity contribution in [2.45, 2.75) is 6.92 Å². The molecule has 1 aliphatic heterocycles. The van der Waals surface area contributed by atoms with Gasteiger partial charge in [-0.2, -0.15) is 0 Å². The Labute approximate surface area is 88.7 Å². The van der Waals surface area contributed by atoms with E-state index in [1.165, 1.54) is 12.7 Å². The number of nitrogens with zero attached hydrogens (tertiary/aromatic N) is 3. The molecule has 1 aromatic heterocycles. The summed E-state index contributed by atoms with van der Waals surface area (Å²) in [5.41, 5.74) is 0.403. The molecule has 2 rings (SSSR count). The summed E-state index contributed by atoms with van der Waals surface area (Å²) in [4.78, 5) is 19.8. The predicted octanol–water partition coefficient (Wildman–Crippen LogP) is 0.452. The van der Waals surface area contributed by atoms with E-state index in [2.05, 4.69) is 16.8 Å². The van der Waals surface area contributed by atoms with Crippen LogP contribution in [-0.4, -0.2) is 53.4 Å². The van der Waals surface area contributed by atoms with E-state index in [1.54, 1.807) is 0 Å². The quantitative estimate of drug-likeness (QED) is 0.709. The zero-order chi connectivity index (χ0) is 10.7. The average molecular weight is 209 g/mol. The second-order valence-corrected chi connectivity index (χ2v) is 3.60. The van der Waals surface area contributed by atoms with Crippen LogP contribution in [0.5, 0.6) is 0 Å². The third-order valence-electron chi connectivity index (χ3n) is 2.76. The summed E-state index contributed by atoms with van der Waals surface area (Å²) in [5, 5.41) is 0. The summed E-state index contributed by atoms with van der Waals surface area (Å²) in [6.07, 6.45) is 2.68. The minimum absolute atomic E-state index is 0.0282. The van der Waals surface area contributed by atoms with E-state index < -0.39 is 0 Å². The molecule has 0 atom stereocenters. The standard InChI is InChI=1S/C10H15N3O2/c1-2-12-3-5-13(6-4-12)10(14)9-7-15-8-11-9/h7-8H,2-6H2,1H3. The molecule has 0 aromatic carbocycles. The number of piperazine rings is 1. The molecule has 5 heteroatoms. The lowest BCUT2D eigenvalue weighted by Gasteiger charge is -2.33. The highest BCUT2D eigenvalue weighted by Crippen LogP contribution is 2.06. The van der Waals surface area contributed by atoms with Crippen molar-refractivity contribution in [3.8, 4) is 0 Å². The average Bonchev–Trinajstić information content (AvgIpc) is 2.82. The van der Waals surface area contributed by atoms with Crippen molar-refractivity contribution in [3.63, 3.8) is 0 Å². The van der Waals surface area contributed by atoms with Crippen LogP contribution in [0.25, 0.3) is 0 Å². The first-order valence-corrected chi connectivity index (χ1v) is 5.21. The van der Waals surface area contributed by atoms with Crippen molar-refractivity contribution in [2.24, 2.45) is 0 Å². The number of amides is 1. The number of hydrogen-bond donors (Lipinski definition) is 0. The second-order valence-electron chi connectivity index (χ2n) is 3.60. The highest BCUT2D eigenvalue weighted by molar-refractivity contribution is 5.91. The lowest BCUT2D eigenvalue weighted by molar-refractivity contribution is 0.0637. The molecule has 5 nitrogen and oxygen atoms in total. The Kier molecular flexibility index (Phi) is 3.01. The molecule has 1 fully saturated rings. The molecule has 1 amide bonds. The van der Waals surface area contributed by atoms with Crippen LogP contribution in [0.2, 0.25) is 0 Å². The molecular weight excluding hydrogens is 194 g/mol. The number of oxazole rings is 1. The van der Waals surface area contributed by atoms with Crippen LogP contribution in [0.1, 0.15) is 17.4 Å².